The number of thioether (sulfide) groups is 1. The summed E-state index contributed by atoms with van der Waals surface area (Å²) in [5.74, 6) is -1.30. The molecule has 132 valence electrons. The molecule has 0 saturated carbocycles. The van der Waals surface area contributed by atoms with Gasteiger partial charge >= 0.3 is 0 Å². The second-order valence-electron chi connectivity index (χ2n) is 5.39. The number of carbonyl (C=O) groups excluding carboxylic acids is 2. The molecule has 26 heavy (non-hydrogen) atoms. The minimum absolute atomic E-state index is 0.0854. The summed E-state index contributed by atoms with van der Waals surface area (Å²) in [7, 11) is 0. The van der Waals surface area contributed by atoms with Crippen LogP contribution in [0.1, 0.15) is 12.0 Å². The van der Waals surface area contributed by atoms with Crippen molar-refractivity contribution in [3.05, 3.63) is 66.0 Å². The van der Waals surface area contributed by atoms with E-state index in [9.17, 15) is 14.0 Å². The van der Waals surface area contributed by atoms with E-state index >= 15 is 0 Å². The number of hydrogen-bond acceptors (Lipinski definition) is 5. The van der Waals surface area contributed by atoms with Crippen molar-refractivity contribution in [2.24, 2.45) is 10.2 Å². The quantitative estimate of drug-likeness (QED) is 0.627. The lowest BCUT2D eigenvalue weighted by Gasteiger charge is -2.07. The first-order valence-corrected chi connectivity index (χ1v) is 8.68. The number of nitrogens with one attached hydrogen (secondary N) is 2. The van der Waals surface area contributed by atoms with Crippen LogP contribution in [0.15, 0.2) is 64.8 Å². The highest BCUT2D eigenvalue weighted by atomic mass is 32.2. The third-order valence-corrected chi connectivity index (χ3v) is 4.52. The van der Waals surface area contributed by atoms with Crippen molar-refractivity contribution < 1.29 is 14.0 Å². The number of anilines is 1. The van der Waals surface area contributed by atoms with Gasteiger partial charge in [-0.2, -0.15) is 5.10 Å². The lowest BCUT2D eigenvalue weighted by molar-refractivity contribution is -0.122. The number of halogens is 1. The van der Waals surface area contributed by atoms with Crippen LogP contribution in [0.25, 0.3) is 0 Å². The van der Waals surface area contributed by atoms with Crippen LogP contribution in [0.2, 0.25) is 0 Å². The molecule has 1 aliphatic rings. The molecular formula is C18H15FN4O2S. The topological polar surface area (TPSA) is 82.9 Å². The summed E-state index contributed by atoms with van der Waals surface area (Å²) in [6, 6.07) is 15.3. The Bertz CT molecular complexity index is 871. The van der Waals surface area contributed by atoms with E-state index in [0.717, 1.165) is 17.3 Å². The fourth-order valence-electron chi connectivity index (χ4n) is 2.21. The van der Waals surface area contributed by atoms with E-state index in [0.29, 0.717) is 5.17 Å². The van der Waals surface area contributed by atoms with Crippen LogP contribution >= 0.6 is 11.8 Å². The van der Waals surface area contributed by atoms with Gasteiger partial charge in [0.25, 0.3) is 0 Å². The largest absolute Gasteiger partial charge is 0.324 e. The van der Waals surface area contributed by atoms with E-state index in [1.807, 2.05) is 30.3 Å². The highest BCUT2D eigenvalue weighted by Crippen LogP contribution is 2.23. The summed E-state index contributed by atoms with van der Waals surface area (Å²) in [5.41, 5.74) is 0.967. The summed E-state index contributed by atoms with van der Waals surface area (Å²) in [5, 5.41) is 12.6. The van der Waals surface area contributed by atoms with Crippen LogP contribution in [-0.2, 0) is 9.59 Å². The number of amides is 2. The molecule has 2 aromatic carbocycles. The molecule has 1 unspecified atom stereocenters. The van der Waals surface area contributed by atoms with Crippen LogP contribution in [-0.4, -0.2) is 28.4 Å². The van der Waals surface area contributed by atoms with Gasteiger partial charge in [-0.25, -0.2) is 4.39 Å². The zero-order chi connectivity index (χ0) is 18.4. The van der Waals surface area contributed by atoms with Crippen molar-refractivity contribution in [2.45, 2.75) is 11.7 Å². The molecule has 0 radical (unpaired) electrons. The standard InChI is InChI=1S/C18H15FN4O2S/c19-13-8-4-5-9-14(13)21-16(24)10-15-17(25)22-18(26-15)23-20-11-12-6-2-1-3-7-12/h1-9,11,15H,10H2,(H,21,24)(H,22,23,25)/b20-11-. The Labute approximate surface area is 153 Å². The van der Waals surface area contributed by atoms with Gasteiger partial charge in [-0.05, 0) is 17.7 Å². The van der Waals surface area contributed by atoms with E-state index in [-0.39, 0.29) is 18.0 Å². The number of rotatable bonds is 5. The Morgan fingerprint density at radius 3 is 2.69 bits per heavy atom. The maximum atomic E-state index is 13.5. The number of hydrogen-bond donors (Lipinski definition) is 2. The van der Waals surface area contributed by atoms with Crippen LogP contribution in [0.3, 0.4) is 0 Å². The first-order chi connectivity index (χ1) is 12.6. The molecule has 2 amide bonds. The third kappa shape index (κ3) is 4.76. The van der Waals surface area contributed by atoms with Crippen LogP contribution in [0.4, 0.5) is 10.1 Å². The van der Waals surface area contributed by atoms with Gasteiger partial charge in [-0.1, -0.05) is 54.2 Å². The molecule has 0 spiro atoms. The van der Waals surface area contributed by atoms with Crippen molar-refractivity contribution >= 4 is 40.6 Å². The molecule has 1 aliphatic heterocycles. The van der Waals surface area contributed by atoms with Crippen molar-refractivity contribution in [1.82, 2.24) is 5.32 Å². The van der Waals surface area contributed by atoms with Gasteiger partial charge in [0, 0.05) is 6.42 Å². The summed E-state index contributed by atoms with van der Waals surface area (Å²) < 4.78 is 13.5. The summed E-state index contributed by atoms with van der Waals surface area (Å²) in [4.78, 5) is 24.0. The van der Waals surface area contributed by atoms with Gasteiger partial charge in [0.2, 0.25) is 11.8 Å². The molecule has 2 aromatic rings. The fraction of sp³-hybridized carbons (Fsp3) is 0.111. The average Bonchev–Trinajstić information content (AvgIpc) is 2.97. The molecular weight excluding hydrogens is 355 g/mol. The molecule has 1 atom stereocenters. The highest BCUT2D eigenvalue weighted by molar-refractivity contribution is 8.15. The monoisotopic (exact) mass is 370 g/mol. The minimum atomic E-state index is -0.632. The van der Waals surface area contributed by atoms with Gasteiger partial charge in [0.15, 0.2) is 5.17 Å². The molecule has 1 fully saturated rings. The molecule has 1 heterocycles. The zero-order valence-electron chi connectivity index (χ0n) is 13.6. The lowest BCUT2D eigenvalue weighted by Crippen LogP contribution is -2.28. The number of nitrogens with zero attached hydrogens (tertiary/aromatic N) is 2. The second kappa shape index (κ2) is 8.39. The molecule has 0 aromatic heterocycles. The SMILES string of the molecule is O=C(CC1S/C(=N/N=C\c2ccccc2)NC1=O)Nc1ccccc1F. The van der Waals surface area contributed by atoms with Crippen molar-refractivity contribution in [1.29, 1.82) is 0 Å². The zero-order valence-corrected chi connectivity index (χ0v) is 14.4. The van der Waals surface area contributed by atoms with Crippen molar-refractivity contribution in [2.75, 3.05) is 5.32 Å². The molecule has 0 bridgehead atoms. The molecule has 0 aliphatic carbocycles. The lowest BCUT2D eigenvalue weighted by atomic mass is 10.2. The summed E-state index contributed by atoms with van der Waals surface area (Å²) in [6.07, 6.45) is 1.48. The van der Waals surface area contributed by atoms with Gasteiger partial charge < -0.3 is 10.6 Å². The van der Waals surface area contributed by atoms with Gasteiger partial charge in [-0.15, -0.1) is 5.10 Å². The number of carbonyl (C=O) groups is 2. The Hall–Kier alpha value is -3.00. The Balaban J connectivity index is 1.56. The minimum Gasteiger partial charge on any atom is -0.324 e. The second-order valence-corrected chi connectivity index (χ2v) is 6.58. The summed E-state index contributed by atoms with van der Waals surface area (Å²) >= 11 is 1.12. The van der Waals surface area contributed by atoms with E-state index in [1.165, 1.54) is 18.2 Å². The van der Waals surface area contributed by atoms with Gasteiger partial charge in [-0.3, -0.25) is 9.59 Å². The molecule has 8 heteroatoms. The summed E-state index contributed by atoms with van der Waals surface area (Å²) in [6.45, 7) is 0. The average molecular weight is 370 g/mol. The molecule has 1 saturated heterocycles. The van der Waals surface area contributed by atoms with Crippen molar-refractivity contribution in [3.63, 3.8) is 0 Å². The van der Waals surface area contributed by atoms with E-state index in [4.69, 9.17) is 0 Å². The Kier molecular flexibility index (Phi) is 5.75. The number of para-hydroxylation sites is 1. The van der Waals surface area contributed by atoms with Gasteiger partial charge in [0.1, 0.15) is 11.1 Å². The van der Waals surface area contributed by atoms with E-state index < -0.39 is 17.0 Å². The van der Waals surface area contributed by atoms with E-state index in [1.54, 1.807) is 12.3 Å². The van der Waals surface area contributed by atoms with Crippen LogP contribution in [0, 0.1) is 5.82 Å². The number of benzene rings is 2. The van der Waals surface area contributed by atoms with E-state index in [2.05, 4.69) is 20.8 Å². The number of amidine groups is 1. The normalized spacial score (nSPS) is 18.3. The van der Waals surface area contributed by atoms with Crippen molar-refractivity contribution in [3.8, 4) is 0 Å². The van der Waals surface area contributed by atoms with Gasteiger partial charge in [0.05, 0.1) is 11.9 Å². The smallest absolute Gasteiger partial charge is 0.240 e. The fourth-order valence-corrected chi connectivity index (χ4v) is 3.13. The van der Waals surface area contributed by atoms with Crippen LogP contribution in [0.5, 0.6) is 0 Å². The molecule has 6 nitrogen and oxygen atoms in total. The molecule has 3 rings (SSSR count). The maximum Gasteiger partial charge on any atom is 0.240 e. The Morgan fingerprint density at radius 1 is 1.19 bits per heavy atom. The predicted octanol–water partition coefficient (Wildman–Crippen LogP) is 2.78. The molecule has 2 N–H and O–H groups in total. The third-order valence-electron chi connectivity index (χ3n) is 3.45. The maximum absolute atomic E-state index is 13.5. The predicted molar refractivity (Wildman–Crippen MR) is 101 cm³/mol. The van der Waals surface area contributed by atoms with Crippen LogP contribution < -0.4 is 10.6 Å². The highest BCUT2D eigenvalue weighted by Gasteiger charge is 2.32. The first kappa shape index (κ1) is 17.8. The Morgan fingerprint density at radius 2 is 1.92 bits per heavy atom. The first-order valence-electron chi connectivity index (χ1n) is 7.80.